The minimum absolute atomic E-state index is 0.651. The third-order valence-electron chi connectivity index (χ3n) is 2.46. The van der Waals surface area contributed by atoms with E-state index in [0.29, 0.717) is 13.0 Å². The third kappa shape index (κ3) is 4.23. The molecule has 1 atom stereocenters. The molecular formula is C14H24O2. The van der Waals surface area contributed by atoms with E-state index in [4.69, 9.17) is 4.74 Å². The molecule has 1 aromatic carbocycles. The Morgan fingerprint density at radius 3 is 2.38 bits per heavy atom. The van der Waals surface area contributed by atoms with Gasteiger partial charge in [0.1, 0.15) is 5.75 Å². The van der Waals surface area contributed by atoms with E-state index in [1.165, 1.54) is 0 Å². The van der Waals surface area contributed by atoms with Crippen molar-refractivity contribution in [3.8, 4) is 5.75 Å². The van der Waals surface area contributed by atoms with Crippen molar-refractivity contribution < 1.29 is 9.84 Å². The molecule has 2 nitrogen and oxygen atoms in total. The average Bonchev–Trinajstić information content (AvgIpc) is 2.32. The zero-order chi connectivity index (χ0) is 12.6. The van der Waals surface area contributed by atoms with Gasteiger partial charge in [-0.25, -0.2) is 0 Å². The number of hydrogen-bond acceptors (Lipinski definition) is 2. The number of rotatable bonds is 4. The maximum absolute atomic E-state index is 10.0. The van der Waals surface area contributed by atoms with Crippen molar-refractivity contribution in [2.45, 2.75) is 46.6 Å². The van der Waals surface area contributed by atoms with Crippen LogP contribution in [0.1, 0.15) is 46.6 Å². The summed E-state index contributed by atoms with van der Waals surface area (Å²) < 4.78 is 5.38. The van der Waals surface area contributed by atoms with Crippen LogP contribution in [0.3, 0.4) is 0 Å². The van der Waals surface area contributed by atoms with Crippen molar-refractivity contribution >= 4 is 0 Å². The molecule has 0 bridgehead atoms. The Kier molecular flexibility index (Phi) is 6.82. The summed E-state index contributed by atoms with van der Waals surface area (Å²) >= 11 is 0. The molecule has 0 aromatic heterocycles. The third-order valence-corrected chi connectivity index (χ3v) is 2.46. The topological polar surface area (TPSA) is 29.5 Å². The van der Waals surface area contributed by atoms with E-state index in [9.17, 15) is 5.11 Å². The van der Waals surface area contributed by atoms with E-state index in [-0.39, 0.29) is 0 Å². The van der Waals surface area contributed by atoms with Crippen LogP contribution in [0.15, 0.2) is 24.3 Å². The molecule has 1 N–H and O–H groups in total. The molecular weight excluding hydrogens is 200 g/mol. The fourth-order valence-electron chi connectivity index (χ4n) is 1.29. The van der Waals surface area contributed by atoms with Gasteiger partial charge in [0.2, 0.25) is 0 Å². The minimum atomic E-state index is -0.757. The lowest BCUT2D eigenvalue weighted by molar-refractivity contribution is 0.0528. The Morgan fingerprint density at radius 2 is 1.88 bits per heavy atom. The van der Waals surface area contributed by atoms with E-state index in [1.807, 2.05) is 58.9 Å². The fourth-order valence-corrected chi connectivity index (χ4v) is 1.29. The molecule has 0 aliphatic heterocycles. The van der Waals surface area contributed by atoms with E-state index in [1.54, 1.807) is 0 Å². The van der Waals surface area contributed by atoms with Gasteiger partial charge in [-0.1, -0.05) is 32.9 Å². The smallest absolute Gasteiger partial charge is 0.119 e. The van der Waals surface area contributed by atoms with Crippen molar-refractivity contribution in [1.82, 2.24) is 0 Å². The number of ether oxygens (including phenoxy) is 1. The Hall–Kier alpha value is -1.02. The molecule has 0 amide bonds. The summed E-state index contributed by atoms with van der Waals surface area (Å²) in [5, 5.41) is 10.0. The van der Waals surface area contributed by atoms with E-state index in [2.05, 4.69) is 0 Å². The number of hydrogen-bond donors (Lipinski definition) is 1. The zero-order valence-corrected chi connectivity index (χ0v) is 11.1. The quantitative estimate of drug-likeness (QED) is 0.844. The summed E-state index contributed by atoms with van der Waals surface area (Å²) in [6.07, 6.45) is 0.697. The van der Waals surface area contributed by atoms with Crippen LogP contribution in [-0.2, 0) is 5.60 Å². The van der Waals surface area contributed by atoms with Crippen LogP contribution in [0, 0.1) is 0 Å². The molecule has 0 saturated carbocycles. The van der Waals surface area contributed by atoms with Gasteiger partial charge in [-0.3, -0.25) is 0 Å². The van der Waals surface area contributed by atoms with Crippen LogP contribution in [0.2, 0.25) is 0 Å². The Morgan fingerprint density at radius 1 is 1.25 bits per heavy atom. The fraction of sp³-hybridized carbons (Fsp3) is 0.571. The molecule has 0 spiro atoms. The molecule has 0 saturated heterocycles. The summed E-state index contributed by atoms with van der Waals surface area (Å²) in [5.74, 6) is 0.818. The monoisotopic (exact) mass is 224 g/mol. The van der Waals surface area contributed by atoms with Gasteiger partial charge in [0.05, 0.1) is 12.2 Å². The molecule has 0 aliphatic carbocycles. The Bertz CT molecular complexity index is 293. The second kappa shape index (κ2) is 7.29. The predicted octanol–water partition coefficient (Wildman–Crippen LogP) is 3.73. The molecule has 0 aliphatic rings. The molecule has 1 rings (SSSR count). The van der Waals surface area contributed by atoms with Crippen LogP contribution in [-0.4, -0.2) is 11.7 Å². The Balaban J connectivity index is 0.00000106. The van der Waals surface area contributed by atoms with Gasteiger partial charge in [-0.2, -0.15) is 0 Å². The lowest BCUT2D eigenvalue weighted by Gasteiger charge is -2.22. The van der Waals surface area contributed by atoms with Crippen LogP contribution in [0.5, 0.6) is 5.75 Å². The average molecular weight is 224 g/mol. The zero-order valence-electron chi connectivity index (χ0n) is 11.1. The molecule has 16 heavy (non-hydrogen) atoms. The van der Waals surface area contributed by atoms with Gasteiger partial charge in [-0.05, 0) is 38.0 Å². The van der Waals surface area contributed by atoms with Crippen molar-refractivity contribution in [2.24, 2.45) is 0 Å². The van der Waals surface area contributed by atoms with Gasteiger partial charge >= 0.3 is 0 Å². The minimum Gasteiger partial charge on any atom is -0.494 e. The highest BCUT2D eigenvalue weighted by Crippen LogP contribution is 2.26. The van der Waals surface area contributed by atoms with E-state index in [0.717, 1.165) is 11.3 Å². The molecule has 0 radical (unpaired) electrons. The normalized spacial score (nSPS) is 13.4. The molecule has 0 fully saturated rings. The predicted molar refractivity (Wildman–Crippen MR) is 68.8 cm³/mol. The van der Waals surface area contributed by atoms with Crippen molar-refractivity contribution in [2.75, 3.05) is 6.61 Å². The van der Waals surface area contributed by atoms with Crippen LogP contribution < -0.4 is 4.74 Å². The molecule has 2 heteroatoms. The molecule has 1 aromatic rings. The van der Waals surface area contributed by atoms with Crippen LogP contribution in [0.25, 0.3) is 0 Å². The maximum Gasteiger partial charge on any atom is 0.119 e. The highest BCUT2D eigenvalue weighted by atomic mass is 16.5. The van der Waals surface area contributed by atoms with Crippen LogP contribution >= 0.6 is 0 Å². The van der Waals surface area contributed by atoms with E-state index < -0.39 is 5.60 Å². The van der Waals surface area contributed by atoms with Gasteiger partial charge in [0.15, 0.2) is 0 Å². The summed E-state index contributed by atoms with van der Waals surface area (Å²) in [7, 11) is 0. The second-order valence-corrected chi connectivity index (χ2v) is 3.59. The first kappa shape index (κ1) is 15.0. The lowest BCUT2D eigenvalue weighted by atomic mass is 9.93. The molecule has 92 valence electrons. The first-order chi connectivity index (χ1) is 7.60. The second-order valence-electron chi connectivity index (χ2n) is 3.59. The first-order valence-electron chi connectivity index (χ1n) is 6.06. The van der Waals surface area contributed by atoms with Crippen molar-refractivity contribution in [3.05, 3.63) is 29.8 Å². The maximum atomic E-state index is 10.0. The number of aliphatic hydroxyl groups is 1. The standard InChI is InChI=1S/C12H18O2.C2H6/c1-4-12(3,13)10-7-6-8-11(9-10)14-5-2;1-2/h6-9,13H,4-5H2,1-3H3;1-2H3/t12-;/m1./s1. The van der Waals surface area contributed by atoms with Crippen molar-refractivity contribution in [1.29, 1.82) is 0 Å². The van der Waals surface area contributed by atoms with Gasteiger partial charge in [0, 0.05) is 0 Å². The summed E-state index contributed by atoms with van der Waals surface area (Å²) in [6, 6.07) is 7.63. The van der Waals surface area contributed by atoms with Gasteiger partial charge in [-0.15, -0.1) is 0 Å². The summed E-state index contributed by atoms with van der Waals surface area (Å²) in [5.41, 5.74) is 0.151. The SMILES string of the molecule is CC.CCOc1cccc([C@](C)(O)CC)c1. The van der Waals surface area contributed by atoms with Crippen LogP contribution in [0.4, 0.5) is 0 Å². The first-order valence-corrected chi connectivity index (χ1v) is 6.06. The van der Waals surface area contributed by atoms with E-state index >= 15 is 0 Å². The van der Waals surface area contributed by atoms with Gasteiger partial charge < -0.3 is 9.84 Å². The number of benzene rings is 1. The largest absolute Gasteiger partial charge is 0.494 e. The summed E-state index contributed by atoms with van der Waals surface area (Å²) in [6.45, 7) is 10.4. The lowest BCUT2D eigenvalue weighted by Crippen LogP contribution is -2.19. The highest BCUT2D eigenvalue weighted by Gasteiger charge is 2.20. The molecule has 0 heterocycles. The molecule has 0 unspecified atom stereocenters. The van der Waals surface area contributed by atoms with Crippen molar-refractivity contribution in [3.63, 3.8) is 0 Å². The van der Waals surface area contributed by atoms with Gasteiger partial charge in [0.25, 0.3) is 0 Å². The summed E-state index contributed by atoms with van der Waals surface area (Å²) in [4.78, 5) is 0. The highest BCUT2D eigenvalue weighted by molar-refractivity contribution is 5.31. The Labute approximate surface area is 99.3 Å².